The molecule has 7 nitrogen and oxygen atoms in total. The maximum Gasteiger partial charge on any atom is 0.319 e. The molecule has 0 unspecified atom stereocenters. The molecule has 7 heteroatoms. The number of nitrogens with zero attached hydrogens (tertiary/aromatic N) is 2. The van der Waals surface area contributed by atoms with Gasteiger partial charge in [-0.25, -0.2) is 4.79 Å². The third kappa shape index (κ3) is 5.94. The molecule has 0 saturated heterocycles. The van der Waals surface area contributed by atoms with Gasteiger partial charge in [-0.3, -0.25) is 9.48 Å². The van der Waals surface area contributed by atoms with Crippen LogP contribution >= 0.6 is 0 Å². The minimum Gasteiger partial charge on any atom is -0.334 e. The van der Waals surface area contributed by atoms with E-state index in [9.17, 15) is 9.59 Å². The molecule has 3 rings (SSSR count). The molecule has 0 atom stereocenters. The highest BCUT2D eigenvalue weighted by Crippen LogP contribution is 2.21. The molecule has 2 aromatic carbocycles. The second-order valence-corrected chi connectivity index (χ2v) is 7.50. The van der Waals surface area contributed by atoms with Crippen molar-refractivity contribution in [3.05, 3.63) is 77.6 Å². The molecule has 0 saturated carbocycles. The van der Waals surface area contributed by atoms with E-state index in [1.807, 2.05) is 74.1 Å². The van der Waals surface area contributed by atoms with E-state index >= 15 is 0 Å². The van der Waals surface area contributed by atoms with E-state index in [4.69, 9.17) is 0 Å². The largest absolute Gasteiger partial charge is 0.334 e. The lowest BCUT2D eigenvalue weighted by atomic mass is 10.1. The van der Waals surface area contributed by atoms with E-state index in [0.29, 0.717) is 24.5 Å². The number of hydrogen-bond donors (Lipinski definition) is 3. The number of aromatic nitrogens is 2. The summed E-state index contributed by atoms with van der Waals surface area (Å²) in [6, 6.07) is 15.1. The topological polar surface area (TPSA) is 88.0 Å². The fraction of sp³-hybridized carbons (Fsp3) is 0.261. The van der Waals surface area contributed by atoms with Crippen molar-refractivity contribution in [2.24, 2.45) is 5.92 Å². The molecule has 156 valence electrons. The molecule has 0 aliphatic rings. The van der Waals surface area contributed by atoms with Gasteiger partial charge in [-0.2, -0.15) is 5.10 Å². The Balaban J connectivity index is 1.53. The van der Waals surface area contributed by atoms with E-state index in [2.05, 4.69) is 21.0 Å². The predicted octanol–water partition coefficient (Wildman–Crippen LogP) is 4.16. The molecule has 3 N–H and O–H groups in total. The summed E-state index contributed by atoms with van der Waals surface area (Å²) in [5.41, 5.74) is 4.37. The van der Waals surface area contributed by atoms with Crippen LogP contribution < -0.4 is 16.0 Å². The second-order valence-electron chi connectivity index (χ2n) is 7.50. The second kappa shape index (κ2) is 9.73. The van der Waals surface area contributed by atoms with Gasteiger partial charge >= 0.3 is 6.03 Å². The van der Waals surface area contributed by atoms with E-state index in [1.165, 1.54) is 0 Å². The summed E-state index contributed by atoms with van der Waals surface area (Å²) in [6.45, 7) is 6.70. The third-order valence-electron chi connectivity index (χ3n) is 4.66. The van der Waals surface area contributed by atoms with Crippen molar-refractivity contribution in [1.82, 2.24) is 15.1 Å². The lowest BCUT2D eigenvalue weighted by Gasteiger charge is -2.13. The number of carbonyl (C=O) groups excluding carboxylic acids is 2. The maximum absolute atomic E-state index is 12.3. The van der Waals surface area contributed by atoms with Crippen LogP contribution in [0, 0.1) is 12.8 Å². The number of nitrogens with one attached hydrogen (secondary N) is 3. The van der Waals surface area contributed by atoms with Gasteiger partial charge in [0, 0.05) is 36.2 Å². The van der Waals surface area contributed by atoms with Crippen LogP contribution in [-0.4, -0.2) is 21.7 Å². The van der Waals surface area contributed by atoms with E-state index in [-0.39, 0.29) is 17.9 Å². The molecule has 0 fully saturated rings. The zero-order chi connectivity index (χ0) is 21.5. The standard InChI is InChI=1S/C23H27N5O2/c1-16(2)22(29)26-20-10-5-17(3)21(13-20)27-23(30)24-14-18-6-8-19(9-7-18)15-28-12-4-11-25-28/h4-13,16H,14-15H2,1-3H3,(H,26,29)(H2,24,27,30). The number of benzene rings is 2. The van der Waals surface area contributed by atoms with Crippen LogP contribution in [0.1, 0.15) is 30.5 Å². The SMILES string of the molecule is Cc1ccc(NC(=O)C(C)C)cc1NC(=O)NCc1ccc(Cn2cccn2)cc1. The highest BCUT2D eigenvalue weighted by Gasteiger charge is 2.10. The lowest BCUT2D eigenvalue weighted by Crippen LogP contribution is -2.28. The van der Waals surface area contributed by atoms with Crippen molar-refractivity contribution in [3.63, 3.8) is 0 Å². The molecular formula is C23H27N5O2. The van der Waals surface area contributed by atoms with Crippen LogP contribution in [0.4, 0.5) is 16.2 Å². The Morgan fingerprint density at radius 3 is 2.43 bits per heavy atom. The summed E-state index contributed by atoms with van der Waals surface area (Å²) in [7, 11) is 0. The fourth-order valence-corrected chi connectivity index (χ4v) is 2.81. The Morgan fingerprint density at radius 1 is 1.03 bits per heavy atom. The molecule has 3 amide bonds. The van der Waals surface area contributed by atoms with Crippen LogP contribution in [0.2, 0.25) is 0 Å². The van der Waals surface area contributed by atoms with Crippen molar-refractivity contribution < 1.29 is 9.59 Å². The molecule has 30 heavy (non-hydrogen) atoms. The van der Waals surface area contributed by atoms with Gasteiger partial charge in [0.1, 0.15) is 0 Å². The van der Waals surface area contributed by atoms with Crippen LogP contribution in [0.25, 0.3) is 0 Å². The smallest absolute Gasteiger partial charge is 0.319 e. The number of hydrogen-bond acceptors (Lipinski definition) is 3. The normalized spacial score (nSPS) is 10.7. The monoisotopic (exact) mass is 405 g/mol. The molecule has 0 aliphatic heterocycles. The van der Waals surface area contributed by atoms with Gasteiger partial charge in [-0.1, -0.05) is 44.2 Å². The number of rotatable bonds is 7. The van der Waals surface area contributed by atoms with Gasteiger partial charge in [0.15, 0.2) is 0 Å². The van der Waals surface area contributed by atoms with E-state index in [0.717, 1.165) is 16.7 Å². The zero-order valence-electron chi connectivity index (χ0n) is 17.5. The van der Waals surface area contributed by atoms with Gasteiger partial charge in [-0.15, -0.1) is 0 Å². The molecule has 0 aliphatic carbocycles. The minimum atomic E-state index is -0.300. The van der Waals surface area contributed by atoms with Crippen LogP contribution in [0.3, 0.4) is 0 Å². The summed E-state index contributed by atoms with van der Waals surface area (Å²) < 4.78 is 1.86. The Hall–Kier alpha value is -3.61. The van der Waals surface area contributed by atoms with Gasteiger partial charge in [0.2, 0.25) is 5.91 Å². The number of urea groups is 1. The molecule has 1 heterocycles. The number of amides is 3. The Bertz CT molecular complexity index is 995. The average Bonchev–Trinajstić information content (AvgIpc) is 3.23. The van der Waals surface area contributed by atoms with Crippen molar-refractivity contribution in [3.8, 4) is 0 Å². The lowest BCUT2D eigenvalue weighted by molar-refractivity contribution is -0.118. The molecule has 3 aromatic rings. The third-order valence-corrected chi connectivity index (χ3v) is 4.66. The van der Waals surface area contributed by atoms with Crippen molar-refractivity contribution in [2.45, 2.75) is 33.9 Å². The Kier molecular flexibility index (Phi) is 6.85. The molecule has 0 radical (unpaired) electrons. The summed E-state index contributed by atoms with van der Waals surface area (Å²) in [4.78, 5) is 24.2. The van der Waals surface area contributed by atoms with E-state index in [1.54, 1.807) is 12.3 Å². The highest BCUT2D eigenvalue weighted by molar-refractivity contribution is 5.94. The average molecular weight is 406 g/mol. The molecular weight excluding hydrogens is 378 g/mol. The summed E-state index contributed by atoms with van der Waals surface area (Å²) in [5.74, 6) is -0.179. The van der Waals surface area contributed by atoms with Crippen molar-refractivity contribution in [2.75, 3.05) is 10.6 Å². The first-order valence-corrected chi connectivity index (χ1v) is 9.92. The summed E-state index contributed by atoms with van der Waals surface area (Å²) in [6.07, 6.45) is 3.68. The van der Waals surface area contributed by atoms with Crippen LogP contribution in [0.5, 0.6) is 0 Å². The predicted molar refractivity (Wildman–Crippen MR) is 118 cm³/mol. The van der Waals surface area contributed by atoms with E-state index < -0.39 is 0 Å². The quantitative estimate of drug-likeness (QED) is 0.552. The number of carbonyl (C=O) groups is 2. The van der Waals surface area contributed by atoms with Gasteiger partial charge in [0.25, 0.3) is 0 Å². The summed E-state index contributed by atoms with van der Waals surface area (Å²) >= 11 is 0. The van der Waals surface area contributed by atoms with Crippen molar-refractivity contribution in [1.29, 1.82) is 0 Å². The summed E-state index contributed by atoms with van der Waals surface area (Å²) in [5, 5.41) is 12.8. The first-order chi connectivity index (χ1) is 14.4. The minimum absolute atomic E-state index is 0.0646. The first kappa shape index (κ1) is 21.1. The molecule has 0 spiro atoms. The number of aryl methyl sites for hydroxylation is 1. The van der Waals surface area contributed by atoms with Crippen molar-refractivity contribution >= 4 is 23.3 Å². The van der Waals surface area contributed by atoms with Gasteiger partial charge in [0.05, 0.1) is 6.54 Å². The maximum atomic E-state index is 12.3. The number of anilines is 2. The molecule has 1 aromatic heterocycles. The zero-order valence-corrected chi connectivity index (χ0v) is 17.5. The Morgan fingerprint density at radius 2 is 1.77 bits per heavy atom. The fourth-order valence-electron chi connectivity index (χ4n) is 2.81. The molecule has 0 bridgehead atoms. The Labute approximate surface area is 176 Å². The first-order valence-electron chi connectivity index (χ1n) is 9.92. The van der Waals surface area contributed by atoms with Gasteiger partial charge in [-0.05, 0) is 41.8 Å². The van der Waals surface area contributed by atoms with Crippen LogP contribution in [0.15, 0.2) is 60.9 Å². The van der Waals surface area contributed by atoms with Gasteiger partial charge < -0.3 is 16.0 Å². The van der Waals surface area contributed by atoms with Crippen LogP contribution in [-0.2, 0) is 17.9 Å². The highest BCUT2D eigenvalue weighted by atomic mass is 16.2.